The third-order valence-electron chi connectivity index (χ3n) is 4.58. The molecule has 4 rings (SSSR count). The Labute approximate surface area is 185 Å². The molecule has 0 bridgehead atoms. The van der Waals surface area contributed by atoms with Crippen molar-refractivity contribution >= 4 is 11.6 Å². The number of carbonyl (C=O) groups excluding carboxylic acids is 2. The maximum Gasteiger partial charge on any atom is 2.00 e. The molecule has 2 N–H and O–H groups in total. The third-order valence-corrected chi connectivity index (χ3v) is 4.58. The van der Waals surface area contributed by atoms with Gasteiger partial charge in [-0.05, 0) is 24.3 Å². The van der Waals surface area contributed by atoms with Gasteiger partial charge >= 0.3 is 19.5 Å². The Morgan fingerprint density at radius 3 is 1.41 bits per heavy atom. The van der Waals surface area contributed by atoms with Crippen molar-refractivity contribution in [2.24, 2.45) is 0 Å². The third kappa shape index (κ3) is 9.31. The molecule has 0 atom stereocenters. The molecule has 0 aromatic carbocycles. The van der Waals surface area contributed by atoms with E-state index in [1.165, 1.54) is 26.2 Å². The number of carbonyl (C=O) groups is 2. The van der Waals surface area contributed by atoms with Gasteiger partial charge in [0, 0.05) is 75.9 Å². The zero-order valence-electron chi connectivity index (χ0n) is 16.8. The molecule has 0 aromatic heterocycles. The molecule has 0 aromatic rings. The molecule has 0 unspecified atom stereocenters. The van der Waals surface area contributed by atoms with Crippen molar-refractivity contribution in [3.05, 3.63) is 72.2 Å². The topological polar surface area (TPSA) is 64.2 Å². The second-order valence-corrected chi connectivity index (χ2v) is 6.96. The molecule has 2 heterocycles. The molecule has 0 radical (unpaired) electrons. The number of hydrogen-bond acceptors (Lipinski definition) is 6. The number of rotatable bonds is 8. The molecule has 7 heteroatoms. The summed E-state index contributed by atoms with van der Waals surface area (Å²) in [7, 11) is 0. The summed E-state index contributed by atoms with van der Waals surface area (Å²) in [5.41, 5.74) is 1.47. The molecule has 0 spiro atoms. The first-order valence-corrected chi connectivity index (χ1v) is 9.82. The predicted molar refractivity (Wildman–Crippen MR) is 112 cm³/mol. The van der Waals surface area contributed by atoms with Crippen LogP contribution in [0.15, 0.2) is 72.2 Å². The van der Waals surface area contributed by atoms with Gasteiger partial charge in [0.05, 0.1) is 0 Å². The summed E-state index contributed by atoms with van der Waals surface area (Å²) in [6.45, 7) is 8.84. The van der Waals surface area contributed by atoms with Crippen LogP contribution in [0.3, 0.4) is 0 Å². The molecule has 0 saturated carbocycles. The average molecular weight is 446 g/mol. The predicted octanol–water partition coefficient (Wildman–Crippen LogP) is 0.939. The zero-order valence-corrected chi connectivity index (χ0v) is 19.8. The van der Waals surface area contributed by atoms with Crippen LogP contribution >= 0.6 is 0 Å². The van der Waals surface area contributed by atoms with Crippen LogP contribution in [0.25, 0.3) is 0 Å². The Hall–Kier alpha value is -2.08. The standard InChI is InChI=1S/2C11H14N2O.Zn/c2*14-11-4-2-1-3-10(11)9-12-5-6-13-7-8-13;/h2*1-4,9,12H,5-8H2;/q;;+2/b2*10-9-;. The van der Waals surface area contributed by atoms with Crippen molar-refractivity contribution < 1.29 is 29.1 Å². The van der Waals surface area contributed by atoms with E-state index in [9.17, 15) is 9.59 Å². The monoisotopic (exact) mass is 444 g/mol. The number of hydrogen-bond donors (Lipinski definition) is 2. The van der Waals surface area contributed by atoms with Crippen molar-refractivity contribution in [2.75, 3.05) is 52.4 Å². The number of nitrogens with one attached hydrogen (secondary N) is 2. The number of allylic oxidation sites excluding steroid dienone is 10. The fourth-order valence-electron chi connectivity index (χ4n) is 2.60. The van der Waals surface area contributed by atoms with Gasteiger partial charge in [0.15, 0.2) is 11.6 Å². The minimum absolute atomic E-state index is 0. The van der Waals surface area contributed by atoms with Crippen LogP contribution in [0.1, 0.15) is 0 Å². The Kier molecular flexibility index (Phi) is 9.98. The summed E-state index contributed by atoms with van der Waals surface area (Å²) < 4.78 is 0. The van der Waals surface area contributed by atoms with E-state index in [0.29, 0.717) is 0 Å². The van der Waals surface area contributed by atoms with Crippen molar-refractivity contribution in [1.29, 1.82) is 0 Å². The molecule has 0 amide bonds. The largest absolute Gasteiger partial charge is 2.00 e. The quantitative estimate of drug-likeness (QED) is 0.251. The van der Waals surface area contributed by atoms with Gasteiger partial charge < -0.3 is 10.6 Å². The van der Waals surface area contributed by atoms with Gasteiger partial charge in [0.1, 0.15) is 0 Å². The van der Waals surface area contributed by atoms with E-state index in [-0.39, 0.29) is 31.0 Å². The summed E-state index contributed by atoms with van der Waals surface area (Å²) in [4.78, 5) is 27.2. The maximum atomic E-state index is 11.3. The van der Waals surface area contributed by atoms with Crippen LogP contribution in [-0.2, 0) is 29.1 Å². The SMILES string of the molecule is O=C1C=CC=C/C1=C/NCCN1CC1.O=C1C=CC=C/C1=C/NCCN1CC1.[Zn+2]. The van der Waals surface area contributed by atoms with Gasteiger partial charge in [0.2, 0.25) is 0 Å². The van der Waals surface area contributed by atoms with Gasteiger partial charge in [0.25, 0.3) is 0 Å². The molecule has 2 fully saturated rings. The normalized spacial score (nSPS) is 22.3. The van der Waals surface area contributed by atoms with Crippen molar-refractivity contribution in [3.63, 3.8) is 0 Å². The minimum Gasteiger partial charge on any atom is -0.389 e. The van der Waals surface area contributed by atoms with Crippen LogP contribution in [0, 0.1) is 0 Å². The van der Waals surface area contributed by atoms with Gasteiger partial charge in [-0.3, -0.25) is 19.4 Å². The molecule has 4 aliphatic rings. The summed E-state index contributed by atoms with van der Waals surface area (Å²) in [5.74, 6) is 0.151. The first-order valence-electron chi connectivity index (χ1n) is 9.82. The van der Waals surface area contributed by atoms with E-state index >= 15 is 0 Å². The number of nitrogens with zero attached hydrogens (tertiary/aromatic N) is 2. The Bertz CT molecular complexity index is 693. The van der Waals surface area contributed by atoms with Crippen LogP contribution in [-0.4, -0.2) is 73.7 Å². The van der Waals surface area contributed by atoms with E-state index in [0.717, 1.165) is 37.3 Å². The minimum atomic E-state index is 0. The molecule has 2 aliphatic heterocycles. The van der Waals surface area contributed by atoms with E-state index < -0.39 is 0 Å². The van der Waals surface area contributed by atoms with E-state index in [1.807, 2.05) is 24.3 Å². The van der Waals surface area contributed by atoms with Crippen LogP contribution in [0.5, 0.6) is 0 Å². The van der Waals surface area contributed by atoms with Gasteiger partial charge in [-0.25, -0.2) is 0 Å². The first-order chi connectivity index (χ1) is 13.7. The van der Waals surface area contributed by atoms with Crippen LogP contribution in [0.4, 0.5) is 0 Å². The molecule has 2 saturated heterocycles. The van der Waals surface area contributed by atoms with E-state index in [1.54, 1.807) is 36.7 Å². The fraction of sp³-hybridized carbons (Fsp3) is 0.364. The van der Waals surface area contributed by atoms with Crippen LogP contribution in [0.2, 0.25) is 0 Å². The Morgan fingerprint density at radius 1 is 0.690 bits per heavy atom. The smallest absolute Gasteiger partial charge is 0.389 e. The van der Waals surface area contributed by atoms with Crippen LogP contribution < -0.4 is 10.6 Å². The van der Waals surface area contributed by atoms with Gasteiger partial charge in [-0.1, -0.05) is 24.3 Å². The summed E-state index contributed by atoms with van der Waals surface area (Å²) in [6.07, 6.45) is 17.7. The summed E-state index contributed by atoms with van der Waals surface area (Å²) >= 11 is 0. The number of ketones is 2. The molecule has 29 heavy (non-hydrogen) atoms. The van der Waals surface area contributed by atoms with E-state index in [4.69, 9.17) is 0 Å². The summed E-state index contributed by atoms with van der Waals surface area (Å²) in [6, 6.07) is 0. The van der Waals surface area contributed by atoms with Crippen molar-refractivity contribution in [3.8, 4) is 0 Å². The fourth-order valence-corrected chi connectivity index (χ4v) is 2.60. The molecule has 6 nitrogen and oxygen atoms in total. The molecular formula is C22H28N4O2Zn+2. The maximum absolute atomic E-state index is 11.3. The molecule has 2 aliphatic carbocycles. The van der Waals surface area contributed by atoms with Crippen molar-refractivity contribution in [1.82, 2.24) is 20.4 Å². The first kappa shape index (κ1) is 23.2. The second kappa shape index (κ2) is 12.5. The van der Waals surface area contributed by atoms with Crippen molar-refractivity contribution in [2.45, 2.75) is 0 Å². The summed E-state index contributed by atoms with van der Waals surface area (Å²) in [5, 5.41) is 6.29. The van der Waals surface area contributed by atoms with Gasteiger partial charge in [-0.2, -0.15) is 0 Å². The van der Waals surface area contributed by atoms with Gasteiger partial charge in [-0.15, -0.1) is 0 Å². The zero-order chi connectivity index (χ0) is 19.6. The second-order valence-electron chi connectivity index (χ2n) is 6.96. The van der Waals surface area contributed by atoms with E-state index in [2.05, 4.69) is 20.4 Å². The average Bonchev–Trinajstić information content (AvgIpc) is 3.61. The molecule has 148 valence electrons. The molecular weight excluding hydrogens is 418 g/mol. The Morgan fingerprint density at radius 2 is 1.07 bits per heavy atom. The Balaban J connectivity index is 0.000000200.